The number of hydrogen-bond donors (Lipinski definition) is 1. The lowest BCUT2D eigenvalue weighted by molar-refractivity contribution is -0.123. The second-order valence-corrected chi connectivity index (χ2v) is 3.69. The predicted octanol–water partition coefficient (Wildman–Crippen LogP) is 1.32. The van der Waals surface area contributed by atoms with Crippen LogP contribution in [0.4, 0.5) is 0 Å². The summed E-state index contributed by atoms with van der Waals surface area (Å²) < 4.78 is 0. The number of pyridine rings is 1. The van der Waals surface area contributed by atoms with Crippen molar-refractivity contribution < 1.29 is 4.79 Å². The van der Waals surface area contributed by atoms with Gasteiger partial charge in [-0.15, -0.1) is 0 Å². The molecule has 0 aliphatic heterocycles. The molecule has 3 nitrogen and oxygen atoms in total. The molecule has 14 heavy (non-hydrogen) atoms. The molecule has 0 saturated heterocycles. The van der Waals surface area contributed by atoms with Crippen LogP contribution in [0.1, 0.15) is 26.0 Å². The van der Waals surface area contributed by atoms with Gasteiger partial charge in [-0.05, 0) is 25.5 Å². The van der Waals surface area contributed by atoms with Gasteiger partial charge in [0.25, 0.3) is 0 Å². The molecular weight excluding hydrogens is 176 g/mol. The average molecular weight is 192 g/mol. The number of carbonyl (C=O) groups excluding carboxylic acids is 1. The van der Waals surface area contributed by atoms with Crippen molar-refractivity contribution >= 4 is 5.78 Å². The molecule has 2 N–H and O–H groups in total. The number of carbonyl (C=O) groups is 1. The summed E-state index contributed by atoms with van der Waals surface area (Å²) in [5.41, 5.74) is 5.89. The van der Waals surface area contributed by atoms with Gasteiger partial charge in [0.05, 0.1) is 12.0 Å². The van der Waals surface area contributed by atoms with Gasteiger partial charge in [0.2, 0.25) is 0 Å². The smallest absolute Gasteiger partial charge is 0.158 e. The topological polar surface area (TPSA) is 56.0 Å². The lowest BCUT2D eigenvalue weighted by Gasteiger charge is -2.20. The molecule has 0 amide bonds. The number of ketones is 1. The van der Waals surface area contributed by atoms with Gasteiger partial charge in [-0.1, -0.05) is 13.0 Å². The van der Waals surface area contributed by atoms with Crippen molar-refractivity contribution in [1.82, 2.24) is 4.98 Å². The minimum atomic E-state index is -0.725. The van der Waals surface area contributed by atoms with Gasteiger partial charge in [-0.2, -0.15) is 0 Å². The van der Waals surface area contributed by atoms with Gasteiger partial charge >= 0.3 is 0 Å². The zero-order chi connectivity index (χ0) is 10.6. The molecule has 0 aliphatic carbocycles. The first kappa shape index (κ1) is 10.9. The van der Waals surface area contributed by atoms with Gasteiger partial charge in [0, 0.05) is 11.9 Å². The van der Waals surface area contributed by atoms with Crippen LogP contribution >= 0.6 is 0 Å². The van der Waals surface area contributed by atoms with Crippen molar-refractivity contribution in [3.05, 3.63) is 30.1 Å². The number of nitrogens with zero attached hydrogens (tertiary/aromatic N) is 1. The van der Waals surface area contributed by atoms with Gasteiger partial charge < -0.3 is 5.73 Å². The molecule has 0 bridgehead atoms. The van der Waals surface area contributed by atoms with Crippen molar-refractivity contribution in [3.8, 4) is 0 Å². The Morgan fingerprint density at radius 2 is 2.29 bits per heavy atom. The molecule has 3 heteroatoms. The Hall–Kier alpha value is -1.22. The van der Waals surface area contributed by atoms with Crippen LogP contribution in [0.25, 0.3) is 0 Å². The predicted molar refractivity (Wildman–Crippen MR) is 55.8 cm³/mol. The summed E-state index contributed by atoms with van der Waals surface area (Å²) in [6, 6.07) is 5.54. The van der Waals surface area contributed by atoms with Crippen molar-refractivity contribution in [3.63, 3.8) is 0 Å². The Kier molecular flexibility index (Phi) is 3.36. The number of rotatable bonds is 4. The van der Waals surface area contributed by atoms with E-state index in [0.29, 0.717) is 12.8 Å². The Morgan fingerprint density at radius 3 is 2.79 bits per heavy atom. The lowest BCUT2D eigenvalue weighted by Crippen LogP contribution is -2.45. The van der Waals surface area contributed by atoms with E-state index in [-0.39, 0.29) is 5.78 Å². The fourth-order valence-electron chi connectivity index (χ4n) is 1.07. The number of aromatic nitrogens is 1. The number of nitrogens with two attached hydrogens (primary N) is 1. The van der Waals surface area contributed by atoms with Crippen LogP contribution in [0, 0.1) is 0 Å². The molecular formula is C11H16N2O. The van der Waals surface area contributed by atoms with Crippen LogP contribution in [-0.4, -0.2) is 16.3 Å². The van der Waals surface area contributed by atoms with Crippen LogP contribution in [0.5, 0.6) is 0 Å². The van der Waals surface area contributed by atoms with E-state index in [0.717, 1.165) is 5.69 Å². The van der Waals surface area contributed by atoms with Crippen molar-refractivity contribution in [2.75, 3.05) is 0 Å². The molecule has 0 aliphatic rings. The van der Waals surface area contributed by atoms with E-state index >= 15 is 0 Å². The summed E-state index contributed by atoms with van der Waals surface area (Å²) in [7, 11) is 0. The summed E-state index contributed by atoms with van der Waals surface area (Å²) in [5.74, 6) is 0.0405. The van der Waals surface area contributed by atoms with Crippen molar-refractivity contribution in [2.45, 2.75) is 32.2 Å². The van der Waals surface area contributed by atoms with E-state index in [9.17, 15) is 4.79 Å². The molecule has 1 atom stereocenters. The summed E-state index contributed by atoms with van der Waals surface area (Å²) in [6.07, 6.45) is 2.66. The maximum atomic E-state index is 11.7. The molecule has 1 rings (SSSR count). The van der Waals surface area contributed by atoms with E-state index in [4.69, 9.17) is 5.73 Å². The quantitative estimate of drug-likeness (QED) is 0.782. The highest BCUT2D eigenvalue weighted by atomic mass is 16.1. The largest absolute Gasteiger partial charge is 0.319 e. The zero-order valence-electron chi connectivity index (χ0n) is 8.66. The Morgan fingerprint density at radius 1 is 1.57 bits per heavy atom. The van der Waals surface area contributed by atoms with E-state index < -0.39 is 5.54 Å². The third kappa shape index (κ3) is 2.64. The van der Waals surface area contributed by atoms with Crippen LogP contribution in [-0.2, 0) is 11.2 Å². The molecule has 0 aromatic carbocycles. The molecule has 0 radical (unpaired) electrons. The summed E-state index contributed by atoms with van der Waals surface area (Å²) in [6.45, 7) is 3.68. The molecule has 76 valence electrons. The normalized spacial score (nSPS) is 14.8. The van der Waals surface area contributed by atoms with Crippen molar-refractivity contribution in [2.24, 2.45) is 5.73 Å². The first-order valence-electron chi connectivity index (χ1n) is 4.78. The molecule has 0 fully saturated rings. The Balaban J connectivity index is 2.67. The minimum Gasteiger partial charge on any atom is -0.319 e. The SMILES string of the molecule is CCC(C)(N)C(=O)Cc1ccccn1. The Bertz CT molecular complexity index is 306. The molecule has 1 aromatic rings. The maximum absolute atomic E-state index is 11.7. The first-order chi connectivity index (χ1) is 6.56. The second kappa shape index (κ2) is 4.33. The molecule has 0 spiro atoms. The summed E-state index contributed by atoms with van der Waals surface area (Å²) in [4.78, 5) is 15.8. The van der Waals surface area contributed by atoms with Gasteiger partial charge in [-0.3, -0.25) is 9.78 Å². The highest BCUT2D eigenvalue weighted by Gasteiger charge is 2.25. The van der Waals surface area contributed by atoms with E-state index in [1.54, 1.807) is 13.1 Å². The molecule has 1 unspecified atom stereocenters. The third-order valence-electron chi connectivity index (χ3n) is 2.44. The second-order valence-electron chi connectivity index (χ2n) is 3.69. The average Bonchev–Trinajstić information content (AvgIpc) is 2.19. The molecule has 1 heterocycles. The molecule has 0 saturated carbocycles. The summed E-state index contributed by atoms with van der Waals surface area (Å²) in [5, 5.41) is 0. The highest BCUT2D eigenvalue weighted by molar-refractivity contribution is 5.89. The first-order valence-corrected chi connectivity index (χ1v) is 4.78. The number of hydrogen-bond acceptors (Lipinski definition) is 3. The molecule has 1 aromatic heterocycles. The standard InChI is InChI=1S/C11H16N2O/c1-3-11(2,12)10(14)8-9-6-4-5-7-13-9/h4-7H,3,8,12H2,1-2H3. The highest BCUT2D eigenvalue weighted by Crippen LogP contribution is 2.09. The third-order valence-corrected chi connectivity index (χ3v) is 2.44. The van der Waals surface area contributed by atoms with Crippen molar-refractivity contribution in [1.29, 1.82) is 0 Å². The lowest BCUT2D eigenvalue weighted by atomic mass is 9.92. The fraction of sp³-hybridized carbons (Fsp3) is 0.455. The van der Waals surface area contributed by atoms with Crippen LogP contribution in [0.15, 0.2) is 24.4 Å². The van der Waals surface area contributed by atoms with Crippen LogP contribution in [0.3, 0.4) is 0 Å². The zero-order valence-corrected chi connectivity index (χ0v) is 8.66. The minimum absolute atomic E-state index is 0.0405. The summed E-state index contributed by atoms with van der Waals surface area (Å²) >= 11 is 0. The van der Waals surface area contributed by atoms with Crippen LogP contribution in [0.2, 0.25) is 0 Å². The van der Waals surface area contributed by atoms with Gasteiger partial charge in [0.15, 0.2) is 5.78 Å². The van der Waals surface area contributed by atoms with E-state index in [1.807, 2.05) is 25.1 Å². The Labute approximate surface area is 84.3 Å². The fourth-order valence-corrected chi connectivity index (χ4v) is 1.07. The monoisotopic (exact) mass is 192 g/mol. The van der Waals surface area contributed by atoms with E-state index in [1.165, 1.54) is 0 Å². The van der Waals surface area contributed by atoms with Crippen LogP contribution < -0.4 is 5.73 Å². The van der Waals surface area contributed by atoms with E-state index in [2.05, 4.69) is 4.98 Å². The van der Waals surface area contributed by atoms with Gasteiger partial charge in [0.1, 0.15) is 0 Å². The number of Topliss-reactive ketones (excluding diaryl/α,β-unsaturated/α-hetero) is 1. The maximum Gasteiger partial charge on any atom is 0.158 e. The van der Waals surface area contributed by atoms with Gasteiger partial charge in [-0.25, -0.2) is 0 Å².